The summed E-state index contributed by atoms with van der Waals surface area (Å²) in [5.41, 5.74) is 2.71. The van der Waals surface area contributed by atoms with Gasteiger partial charge in [-0.3, -0.25) is 4.79 Å². The SMILES string of the molecule is O=C(COCc1cc2occc2[nH]1)N1CCCC1. The molecule has 1 aliphatic heterocycles. The standard InChI is InChI=1S/C13H16N2O3/c16-13(15-4-1-2-5-15)9-17-8-10-7-12-11(14-10)3-6-18-12/h3,6-7,14H,1-2,4-5,8-9H2. The molecule has 5 heteroatoms. The van der Waals surface area contributed by atoms with Crippen molar-refractivity contribution < 1.29 is 13.9 Å². The first-order valence-electron chi connectivity index (χ1n) is 6.23. The molecule has 2 aromatic rings. The van der Waals surface area contributed by atoms with Crippen LogP contribution in [0.15, 0.2) is 22.8 Å². The predicted octanol–water partition coefficient (Wildman–Crippen LogP) is 1.90. The molecule has 3 rings (SSSR count). The summed E-state index contributed by atoms with van der Waals surface area (Å²) in [7, 11) is 0. The van der Waals surface area contributed by atoms with Crippen LogP contribution in [0.5, 0.6) is 0 Å². The molecule has 0 aliphatic carbocycles. The molecule has 0 radical (unpaired) electrons. The Morgan fingerprint density at radius 3 is 3.06 bits per heavy atom. The van der Waals surface area contributed by atoms with Crippen LogP contribution in [0, 0.1) is 0 Å². The van der Waals surface area contributed by atoms with Crippen LogP contribution in [0.3, 0.4) is 0 Å². The van der Waals surface area contributed by atoms with E-state index in [1.54, 1.807) is 6.26 Å². The van der Waals surface area contributed by atoms with Crippen LogP contribution < -0.4 is 0 Å². The van der Waals surface area contributed by atoms with Gasteiger partial charge in [0, 0.05) is 30.9 Å². The molecule has 3 heterocycles. The van der Waals surface area contributed by atoms with Crippen molar-refractivity contribution in [1.82, 2.24) is 9.88 Å². The van der Waals surface area contributed by atoms with Gasteiger partial charge in [-0.15, -0.1) is 0 Å². The summed E-state index contributed by atoms with van der Waals surface area (Å²) >= 11 is 0. The van der Waals surface area contributed by atoms with E-state index in [1.807, 2.05) is 17.0 Å². The number of H-pyrrole nitrogens is 1. The number of ether oxygens (including phenoxy) is 1. The molecule has 1 aliphatic rings. The Morgan fingerprint density at radius 1 is 1.44 bits per heavy atom. The van der Waals surface area contributed by atoms with Gasteiger partial charge in [0.05, 0.1) is 18.4 Å². The molecule has 18 heavy (non-hydrogen) atoms. The predicted molar refractivity (Wildman–Crippen MR) is 66.0 cm³/mol. The van der Waals surface area contributed by atoms with Crippen LogP contribution in [0.25, 0.3) is 11.1 Å². The number of amides is 1. The van der Waals surface area contributed by atoms with Crippen molar-refractivity contribution in [3.63, 3.8) is 0 Å². The molecule has 96 valence electrons. The molecule has 0 bridgehead atoms. The van der Waals surface area contributed by atoms with E-state index in [2.05, 4.69) is 4.98 Å². The Hall–Kier alpha value is -1.75. The Kier molecular flexibility index (Phi) is 3.06. The molecule has 0 unspecified atom stereocenters. The van der Waals surface area contributed by atoms with Gasteiger partial charge in [-0.05, 0) is 12.8 Å². The maximum Gasteiger partial charge on any atom is 0.248 e. The summed E-state index contributed by atoms with van der Waals surface area (Å²) in [4.78, 5) is 16.8. The number of nitrogens with zero attached hydrogens (tertiary/aromatic N) is 1. The van der Waals surface area contributed by atoms with Crippen LogP contribution in [0.2, 0.25) is 0 Å². The van der Waals surface area contributed by atoms with E-state index < -0.39 is 0 Å². The molecule has 1 fully saturated rings. The lowest BCUT2D eigenvalue weighted by Gasteiger charge is -2.14. The molecular weight excluding hydrogens is 232 g/mol. The van der Waals surface area contributed by atoms with Gasteiger partial charge in [0.1, 0.15) is 6.61 Å². The maximum atomic E-state index is 11.7. The third kappa shape index (κ3) is 2.26. The lowest BCUT2D eigenvalue weighted by molar-refractivity contribution is -0.135. The minimum Gasteiger partial charge on any atom is -0.463 e. The zero-order valence-electron chi connectivity index (χ0n) is 10.1. The third-order valence-electron chi connectivity index (χ3n) is 3.24. The van der Waals surface area contributed by atoms with Gasteiger partial charge < -0.3 is 19.0 Å². The molecule has 0 atom stereocenters. The molecule has 1 saturated heterocycles. The largest absolute Gasteiger partial charge is 0.463 e. The molecule has 0 saturated carbocycles. The number of furan rings is 1. The highest BCUT2D eigenvalue weighted by atomic mass is 16.5. The smallest absolute Gasteiger partial charge is 0.248 e. The number of carbonyl (C=O) groups excluding carboxylic acids is 1. The molecule has 5 nitrogen and oxygen atoms in total. The van der Waals surface area contributed by atoms with E-state index in [1.165, 1.54) is 0 Å². The zero-order chi connectivity index (χ0) is 12.4. The molecule has 1 amide bonds. The zero-order valence-corrected chi connectivity index (χ0v) is 10.1. The van der Waals surface area contributed by atoms with Crippen LogP contribution in [-0.2, 0) is 16.1 Å². The summed E-state index contributed by atoms with van der Waals surface area (Å²) in [5, 5.41) is 0. The second-order valence-electron chi connectivity index (χ2n) is 4.57. The first kappa shape index (κ1) is 11.3. The monoisotopic (exact) mass is 248 g/mol. The van der Waals surface area contributed by atoms with Crippen molar-refractivity contribution in [3.05, 3.63) is 24.1 Å². The fraction of sp³-hybridized carbons (Fsp3) is 0.462. The van der Waals surface area contributed by atoms with Gasteiger partial charge in [0.2, 0.25) is 5.91 Å². The highest BCUT2D eigenvalue weighted by Gasteiger charge is 2.17. The van der Waals surface area contributed by atoms with E-state index in [0.717, 1.165) is 42.7 Å². The second-order valence-corrected chi connectivity index (χ2v) is 4.57. The minimum absolute atomic E-state index is 0.0859. The summed E-state index contributed by atoms with van der Waals surface area (Å²) in [5.74, 6) is 0.0859. The third-order valence-corrected chi connectivity index (χ3v) is 3.24. The quantitative estimate of drug-likeness (QED) is 0.899. The van der Waals surface area contributed by atoms with Gasteiger partial charge in [0.25, 0.3) is 0 Å². The van der Waals surface area contributed by atoms with Crippen LogP contribution in [0.4, 0.5) is 0 Å². The Balaban J connectivity index is 1.49. The minimum atomic E-state index is 0.0859. The van der Waals surface area contributed by atoms with E-state index in [0.29, 0.717) is 6.61 Å². The number of likely N-dealkylation sites (tertiary alicyclic amines) is 1. The van der Waals surface area contributed by atoms with Gasteiger partial charge in [-0.25, -0.2) is 0 Å². The number of nitrogens with one attached hydrogen (secondary N) is 1. The lowest BCUT2D eigenvalue weighted by Crippen LogP contribution is -2.31. The maximum absolute atomic E-state index is 11.7. The number of hydrogen-bond acceptors (Lipinski definition) is 3. The average Bonchev–Trinajstić information content (AvgIpc) is 3.05. The van der Waals surface area contributed by atoms with Crippen molar-refractivity contribution in [2.24, 2.45) is 0 Å². The van der Waals surface area contributed by atoms with Crippen molar-refractivity contribution in [2.45, 2.75) is 19.4 Å². The van der Waals surface area contributed by atoms with Crippen molar-refractivity contribution >= 4 is 17.0 Å². The van der Waals surface area contributed by atoms with Crippen LogP contribution in [-0.4, -0.2) is 35.5 Å². The Labute approximate surface area is 105 Å². The van der Waals surface area contributed by atoms with E-state index in [9.17, 15) is 4.79 Å². The van der Waals surface area contributed by atoms with Crippen LogP contribution >= 0.6 is 0 Å². The number of aromatic nitrogens is 1. The molecule has 0 spiro atoms. The van der Waals surface area contributed by atoms with Crippen LogP contribution in [0.1, 0.15) is 18.5 Å². The lowest BCUT2D eigenvalue weighted by atomic mass is 10.4. The van der Waals surface area contributed by atoms with Gasteiger partial charge in [-0.2, -0.15) is 0 Å². The first-order chi connectivity index (χ1) is 8.83. The summed E-state index contributed by atoms with van der Waals surface area (Å²) in [6.07, 6.45) is 3.86. The Morgan fingerprint density at radius 2 is 2.28 bits per heavy atom. The van der Waals surface area contributed by atoms with Gasteiger partial charge in [0.15, 0.2) is 5.58 Å². The number of aromatic amines is 1. The van der Waals surface area contributed by atoms with E-state index >= 15 is 0 Å². The summed E-state index contributed by atoms with van der Waals surface area (Å²) in [6.45, 7) is 2.30. The first-order valence-corrected chi connectivity index (χ1v) is 6.23. The van der Waals surface area contributed by atoms with Crippen molar-refractivity contribution in [2.75, 3.05) is 19.7 Å². The molecule has 0 aromatic carbocycles. The van der Waals surface area contributed by atoms with E-state index in [-0.39, 0.29) is 12.5 Å². The molecular formula is C13H16N2O3. The second kappa shape index (κ2) is 4.86. The number of rotatable bonds is 4. The van der Waals surface area contributed by atoms with Gasteiger partial charge in [-0.1, -0.05) is 0 Å². The Bertz CT molecular complexity index is 509. The topological polar surface area (TPSA) is 58.5 Å². The molecule has 1 N–H and O–H groups in total. The number of fused-ring (bicyclic) bond motifs is 1. The van der Waals surface area contributed by atoms with Crippen molar-refractivity contribution in [1.29, 1.82) is 0 Å². The normalized spacial score (nSPS) is 15.7. The molecule has 2 aromatic heterocycles. The summed E-state index contributed by atoms with van der Waals surface area (Å²) < 4.78 is 10.7. The van der Waals surface area contributed by atoms with E-state index in [4.69, 9.17) is 9.15 Å². The fourth-order valence-electron chi connectivity index (χ4n) is 2.29. The number of hydrogen-bond donors (Lipinski definition) is 1. The fourth-order valence-corrected chi connectivity index (χ4v) is 2.29. The highest BCUT2D eigenvalue weighted by Crippen LogP contribution is 2.16. The van der Waals surface area contributed by atoms with Crippen molar-refractivity contribution in [3.8, 4) is 0 Å². The number of carbonyl (C=O) groups is 1. The summed E-state index contributed by atoms with van der Waals surface area (Å²) in [6, 6.07) is 3.77. The average molecular weight is 248 g/mol. The highest BCUT2D eigenvalue weighted by molar-refractivity contribution is 5.77. The van der Waals surface area contributed by atoms with Gasteiger partial charge >= 0.3 is 0 Å².